The molecule has 0 spiro atoms. The van der Waals surface area contributed by atoms with E-state index >= 15 is 0 Å². The summed E-state index contributed by atoms with van der Waals surface area (Å²) in [6.07, 6.45) is 0.746. The molecule has 3 aromatic rings. The van der Waals surface area contributed by atoms with E-state index in [0.29, 0.717) is 27.1 Å². The lowest BCUT2D eigenvalue weighted by Gasteiger charge is -2.20. The van der Waals surface area contributed by atoms with E-state index in [0.717, 1.165) is 29.0 Å². The Balaban J connectivity index is 1.94. The molecule has 0 aliphatic heterocycles. The number of rotatable bonds is 7. The molecule has 1 aromatic carbocycles. The largest absolute Gasteiger partial charge is 0.324 e. The number of thiazole rings is 1. The Hall–Kier alpha value is -2.07. The van der Waals surface area contributed by atoms with Crippen LogP contribution in [0.15, 0.2) is 30.3 Å². The first kappa shape index (κ1) is 19.7. The summed E-state index contributed by atoms with van der Waals surface area (Å²) in [6.45, 7) is 1.26. The third kappa shape index (κ3) is 4.44. The zero-order valence-electron chi connectivity index (χ0n) is 14.7. The van der Waals surface area contributed by atoms with Gasteiger partial charge in [-0.05, 0) is 45.3 Å². The minimum absolute atomic E-state index is 0.0565. The highest BCUT2D eigenvalue weighted by Gasteiger charge is 2.24. The number of benzene rings is 1. The first-order valence-electron chi connectivity index (χ1n) is 8.12. The smallest absolute Gasteiger partial charge is 0.309 e. The van der Waals surface area contributed by atoms with Crippen molar-refractivity contribution in [2.45, 2.75) is 6.42 Å². The summed E-state index contributed by atoms with van der Waals surface area (Å²) in [6, 6.07) is 8.35. The molecule has 2 heterocycles. The molecule has 0 radical (unpaired) electrons. The summed E-state index contributed by atoms with van der Waals surface area (Å²) in [7, 11) is 3.93. The molecule has 0 N–H and O–H groups in total. The van der Waals surface area contributed by atoms with Crippen LogP contribution in [-0.4, -0.2) is 47.9 Å². The lowest BCUT2D eigenvalue weighted by atomic mass is 10.3. The highest BCUT2D eigenvalue weighted by molar-refractivity contribution is 7.22. The molecule has 10 heteroatoms. The second kappa shape index (κ2) is 8.30. The van der Waals surface area contributed by atoms with E-state index in [9.17, 15) is 14.9 Å². The van der Waals surface area contributed by atoms with E-state index < -0.39 is 4.92 Å². The minimum atomic E-state index is -0.491. The van der Waals surface area contributed by atoms with Crippen molar-refractivity contribution in [1.29, 1.82) is 0 Å². The molecule has 0 saturated carbocycles. The van der Waals surface area contributed by atoms with Gasteiger partial charge in [-0.15, -0.1) is 0 Å². The number of aromatic nitrogens is 1. The highest BCUT2D eigenvalue weighted by atomic mass is 35.5. The van der Waals surface area contributed by atoms with E-state index in [1.54, 1.807) is 11.0 Å². The fraction of sp³-hybridized carbons (Fsp3) is 0.294. The first-order chi connectivity index (χ1) is 12.9. The lowest BCUT2D eigenvalue weighted by molar-refractivity contribution is -0.380. The van der Waals surface area contributed by atoms with Crippen molar-refractivity contribution in [1.82, 2.24) is 9.88 Å². The number of amides is 1. The van der Waals surface area contributed by atoms with Crippen LogP contribution in [0.4, 0.5) is 10.1 Å². The molecular formula is C17H17ClN4O3S2. The molecular weight excluding hydrogens is 408 g/mol. The normalized spacial score (nSPS) is 11.3. The van der Waals surface area contributed by atoms with Gasteiger partial charge in [0.25, 0.3) is 5.91 Å². The van der Waals surface area contributed by atoms with Gasteiger partial charge in [-0.1, -0.05) is 40.3 Å². The minimum Gasteiger partial charge on any atom is -0.309 e. The van der Waals surface area contributed by atoms with Crippen LogP contribution >= 0.6 is 34.3 Å². The summed E-state index contributed by atoms with van der Waals surface area (Å²) in [5, 5.41) is 12.0. The van der Waals surface area contributed by atoms with Crippen LogP contribution in [0.2, 0.25) is 5.02 Å². The van der Waals surface area contributed by atoms with E-state index in [-0.39, 0.29) is 10.9 Å². The van der Waals surface area contributed by atoms with Gasteiger partial charge in [-0.25, -0.2) is 4.98 Å². The number of hydrogen-bond acceptors (Lipinski definition) is 7. The van der Waals surface area contributed by atoms with Gasteiger partial charge in [0.1, 0.15) is 5.52 Å². The molecule has 142 valence electrons. The SMILES string of the molecule is CN(C)CCCN(C(=O)c1ccc([N+](=O)[O-])s1)c1nc2c(Cl)cccc2s1. The topological polar surface area (TPSA) is 79.6 Å². The van der Waals surface area contributed by atoms with Crippen LogP contribution < -0.4 is 4.90 Å². The molecule has 0 aliphatic rings. The third-order valence-electron chi connectivity index (χ3n) is 3.80. The molecule has 1 amide bonds. The second-order valence-corrected chi connectivity index (χ2v) is 8.57. The highest BCUT2D eigenvalue weighted by Crippen LogP contribution is 2.34. The maximum Gasteiger partial charge on any atom is 0.324 e. The Morgan fingerprint density at radius 3 is 2.63 bits per heavy atom. The van der Waals surface area contributed by atoms with E-state index in [4.69, 9.17) is 11.6 Å². The molecule has 7 nitrogen and oxygen atoms in total. The van der Waals surface area contributed by atoms with Crippen molar-refractivity contribution in [2.24, 2.45) is 0 Å². The van der Waals surface area contributed by atoms with Crippen LogP contribution in [0.3, 0.4) is 0 Å². The molecule has 0 aliphatic carbocycles. The van der Waals surface area contributed by atoms with E-state index in [2.05, 4.69) is 4.98 Å². The Labute approximate surface area is 168 Å². The number of hydrogen-bond donors (Lipinski definition) is 0. The van der Waals surface area contributed by atoms with Crippen LogP contribution in [-0.2, 0) is 0 Å². The average Bonchev–Trinajstić information content (AvgIpc) is 3.25. The Kier molecular flexibility index (Phi) is 6.05. The number of fused-ring (bicyclic) bond motifs is 1. The molecule has 2 aromatic heterocycles. The predicted octanol–water partition coefficient (Wildman–Crippen LogP) is 4.52. The second-order valence-electron chi connectivity index (χ2n) is 6.09. The summed E-state index contributed by atoms with van der Waals surface area (Å²) < 4.78 is 0.889. The Morgan fingerprint density at radius 1 is 1.22 bits per heavy atom. The molecule has 0 unspecified atom stereocenters. The fourth-order valence-electron chi connectivity index (χ4n) is 2.52. The number of halogens is 1. The summed E-state index contributed by atoms with van der Waals surface area (Å²) in [5.41, 5.74) is 0.654. The van der Waals surface area contributed by atoms with Crippen LogP contribution in [0, 0.1) is 10.1 Å². The molecule has 0 saturated heterocycles. The van der Waals surface area contributed by atoms with Gasteiger partial charge in [0, 0.05) is 12.6 Å². The van der Waals surface area contributed by atoms with E-state index in [1.807, 2.05) is 31.1 Å². The van der Waals surface area contributed by atoms with Crippen molar-refractivity contribution in [3.63, 3.8) is 0 Å². The molecule has 0 atom stereocenters. The van der Waals surface area contributed by atoms with Crippen molar-refractivity contribution in [3.8, 4) is 0 Å². The number of nitro groups is 1. The Bertz CT molecular complexity index is 986. The summed E-state index contributed by atoms with van der Waals surface area (Å²) in [4.78, 5) is 32.0. The number of thiophene rings is 1. The number of nitrogens with zero attached hydrogens (tertiary/aromatic N) is 4. The molecule has 0 bridgehead atoms. The summed E-state index contributed by atoms with van der Waals surface area (Å²) >= 11 is 8.47. The van der Waals surface area contributed by atoms with E-state index in [1.165, 1.54) is 23.5 Å². The maximum absolute atomic E-state index is 13.1. The Morgan fingerprint density at radius 2 is 2.00 bits per heavy atom. The molecule has 3 rings (SSSR count). The predicted molar refractivity (Wildman–Crippen MR) is 110 cm³/mol. The monoisotopic (exact) mass is 424 g/mol. The van der Waals surface area contributed by atoms with Crippen molar-refractivity contribution in [2.75, 3.05) is 32.1 Å². The van der Waals surface area contributed by atoms with Crippen molar-refractivity contribution < 1.29 is 9.72 Å². The van der Waals surface area contributed by atoms with Crippen molar-refractivity contribution >= 4 is 60.5 Å². The quantitative estimate of drug-likeness (QED) is 0.411. The number of para-hydroxylation sites is 1. The van der Waals surface area contributed by atoms with Gasteiger partial charge in [0.2, 0.25) is 0 Å². The maximum atomic E-state index is 13.1. The number of carbonyl (C=O) groups excluding carboxylic acids is 1. The van der Waals surface area contributed by atoms with Crippen LogP contribution in [0.5, 0.6) is 0 Å². The third-order valence-corrected chi connectivity index (χ3v) is 6.18. The van der Waals surface area contributed by atoms with Gasteiger partial charge in [0.15, 0.2) is 5.13 Å². The van der Waals surface area contributed by atoms with Gasteiger partial charge < -0.3 is 4.90 Å². The average molecular weight is 425 g/mol. The molecule has 0 fully saturated rings. The first-order valence-corrected chi connectivity index (χ1v) is 10.1. The van der Waals surface area contributed by atoms with Crippen LogP contribution in [0.1, 0.15) is 16.1 Å². The zero-order chi connectivity index (χ0) is 19.6. The zero-order valence-corrected chi connectivity index (χ0v) is 17.1. The van der Waals surface area contributed by atoms with Crippen LogP contribution in [0.25, 0.3) is 10.2 Å². The van der Waals surface area contributed by atoms with Gasteiger partial charge in [-0.2, -0.15) is 0 Å². The van der Waals surface area contributed by atoms with Gasteiger partial charge in [0.05, 0.1) is 19.5 Å². The molecule has 27 heavy (non-hydrogen) atoms. The lowest BCUT2D eigenvalue weighted by Crippen LogP contribution is -2.32. The van der Waals surface area contributed by atoms with Gasteiger partial charge >= 0.3 is 5.00 Å². The number of anilines is 1. The standard InChI is InChI=1S/C17H17ClN4O3S2/c1-20(2)9-4-10-21(16(23)13-7-8-14(26-13)22(24)25)17-19-15-11(18)5-3-6-12(15)27-17/h3,5-8H,4,9-10H2,1-2H3. The fourth-order valence-corrected chi connectivity index (χ4v) is 4.58. The number of carbonyl (C=O) groups is 1. The van der Waals surface area contributed by atoms with Crippen molar-refractivity contribution in [3.05, 3.63) is 50.3 Å². The summed E-state index contributed by atoms with van der Waals surface area (Å²) in [5.74, 6) is -0.290. The van der Waals surface area contributed by atoms with Gasteiger partial charge in [-0.3, -0.25) is 19.8 Å².